The highest BCUT2D eigenvalue weighted by molar-refractivity contribution is 7.89. The van der Waals surface area contributed by atoms with Crippen LogP contribution in [0, 0.1) is 5.41 Å². The Morgan fingerprint density at radius 1 is 0.862 bits per heavy atom. The predicted octanol–water partition coefficient (Wildman–Crippen LogP) is 2.01. The van der Waals surface area contributed by atoms with E-state index in [0.29, 0.717) is 18.0 Å². The molecule has 0 bridgehead atoms. The first-order chi connectivity index (χ1) is 13.8. The lowest BCUT2D eigenvalue weighted by Crippen LogP contribution is -2.54. The number of benzene rings is 1. The number of piperidine rings is 1. The molecule has 1 saturated carbocycles. The molecule has 162 valence electrons. The number of piperazine rings is 1. The molecule has 1 N–H and O–H groups in total. The van der Waals surface area contributed by atoms with Crippen LogP contribution in [0.4, 0.5) is 0 Å². The number of sulfonamides is 1. The molecule has 3 aliphatic rings. The lowest BCUT2D eigenvalue weighted by atomic mass is 9.64. The summed E-state index contributed by atoms with van der Waals surface area (Å²) in [6.45, 7) is 6.19. The molecule has 7 heteroatoms. The summed E-state index contributed by atoms with van der Waals surface area (Å²) in [6.07, 6.45) is 5.51. The highest BCUT2D eigenvalue weighted by Gasteiger charge is 2.45. The molecular weight excluding hydrogens is 386 g/mol. The van der Waals surface area contributed by atoms with Crippen LogP contribution in [0.5, 0.6) is 0 Å². The van der Waals surface area contributed by atoms with Crippen molar-refractivity contribution in [2.45, 2.75) is 49.0 Å². The molecule has 1 spiro atoms. The lowest BCUT2D eigenvalue weighted by molar-refractivity contribution is -0.0699. The van der Waals surface area contributed by atoms with Crippen molar-refractivity contribution in [2.75, 3.05) is 52.9 Å². The maximum absolute atomic E-state index is 12.9. The quantitative estimate of drug-likeness (QED) is 0.806. The summed E-state index contributed by atoms with van der Waals surface area (Å²) in [5.74, 6) is 0. The number of hydrogen-bond donors (Lipinski definition) is 1. The molecule has 0 radical (unpaired) electrons. The van der Waals surface area contributed by atoms with Crippen LogP contribution in [0.2, 0.25) is 0 Å². The zero-order valence-corrected chi connectivity index (χ0v) is 18.4. The fraction of sp³-hybridized carbons (Fsp3) is 0.727. The Morgan fingerprint density at radius 3 is 2.03 bits per heavy atom. The van der Waals surface area contributed by atoms with Crippen LogP contribution in [0.3, 0.4) is 0 Å². The van der Waals surface area contributed by atoms with Gasteiger partial charge in [0.05, 0.1) is 10.5 Å². The molecule has 29 heavy (non-hydrogen) atoms. The third-order valence-corrected chi connectivity index (χ3v) is 9.43. The van der Waals surface area contributed by atoms with Gasteiger partial charge in [0.25, 0.3) is 0 Å². The largest absolute Gasteiger partial charge is 0.389 e. The van der Waals surface area contributed by atoms with Gasteiger partial charge >= 0.3 is 0 Å². The Balaban J connectivity index is 1.31. The fourth-order valence-corrected chi connectivity index (χ4v) is 6.73. The lowest BCUT2D eigenvalue weighted by Gasteiger charge is -2.49. The van der Waals surface area contributed by atoms with E-state index in [9.17, 15) is 13.5 Å². The minimum absolute atomic E-state index is 0.205. The zero-order valence-electron chi connectivity index (χ0n) is 17.6. The van der Waals surface area contributed by atoms with Gasteiger partial charge in [-0.2, -0.15) is 4.31 Å². The Hall–Kier alpha value is -0.990. The van der Waals surface area contributed by atoms with Gasteiger partial charge in [0.15, 0.2) is 0 Å². The highest BCUT2D eigenvalue weighted by atomic mass is 32.2. The van der Waals surface area contributed by atoms with Crippen molar-refractivity contribution in [3.63, 3.8) is 0 Å². The van der Waals surface area contributed by atoms with E-state index < -0.39 is 15.6 Å². The minimum atomic E-state index is -3.39. The van der Waals surface area contributed by atoms with Gasteiger partial charge in [0.2, 0.25) is 10.0 Å². The molecule has 1 aliphatic carbocycles. The monoisotopic (exact) mass is 421 g/mol. The normalized spacial score (nSPS) is 26.6. The van der Waals surface area contributed by atoms with Crippen LogP contribution in [0.25, 0.3) is 0 Å². The van der Waals surface area contributed by atoms with E-state index in [1.165, 1.54) is 0 Å². The molecule has 3 fully saturated rings. The van der Waals surface area contributed by atoms with Crippen molar-refractivity contribution in [1.82, 2.24) is 14.1 Å². The third-order valence-electron chi connectivity index (χ3n) is 7.52. The smallest absolute Gasteiger partial charge is 0.243 e. The third kappa shape index (κ3) is 4.69. The van der Waals surface area contributed by atoms with Gasteiger partial charge in [-0.25, -0.2) is 8.42 Å². The number of β-amino-alcohol motifs (C(OH)–C–C–N with tert-alkyl or cyclic N) is 1. The van der Waals surface area contributed by atoms with E-state index in [1.807, 2.05) is 6.07 Å². The van der Waals surface area contributed by atoms with E-state index in [4.69, 9.17) is 0 Å². The second-order valence-electron chi connectivity index (χ2n) is 9.52. The number of nitrogens with zero attached hydrogens (tertiary/aromatic N) is 3. The van der Waals surface area contributed by atoms with Crippen molar-refractivity contribution >= 4 is 10.0 Å². The molecule has 0 atom stereocenters. The van der Waals surface area contributed by atoms with Crippen molar-refractivity contribution < 1.29 is 13.5 Å². The Kier molecular flexibility index (Phi) is 6.06. The summed E-state index contributed by atoms with van der Waals surface area (Å²) in [5, 5.41) is 11.2. The Bertz CT molecular complexity index is 773. The van der Waals surface area contributed by atoms with Gasteiger partial charge in [-0.3, -0.25) is 4.90 Å². The SMILES string of the molecule is CN1CCN(CC2(O)CCC3(CCN(S(=O)(=O)c4ccccc4)CC3)CC2)CC1. The molecule has 4 rings (SSSR count). The van der Waals surface area contributed by atoms with Crippen LogP contribution >= 0.6 is 0 Å². The average Bonchev–Trinajstić information content (AvgIpc) is 2.74. The van der Waals surface area contributed by atoms with Gasteiger partial charge in [0, 0.05) is 45.8 Å². The van der Waals surface area contributed by atoms with Gasteiger partial charge < -0.3 is 10.0 Å². The summed E-state index contributed by atoms with van der Waals surface area (Å²) in [7, 11) is -1.24. The molecule has 1 aromatic rings. The van der Waals surface area contributed by atoms with E-state index in [0.717, 1.165) is 71.2 Å². The van der Waals surface area contributed by atoms with Gasteiger partial charge in [-0.15, -0.1) is 0 Å². The molecule has 2 heterocycles. The second-order valence-corrected chi connectivity index (χ2v) is 11.5. The Morgan fingerprint density at radius 2 is 1.45 bits per heavy atom. The summed E-state index contributed by atoms with van der Waals surface area (Å²) in [6, 6.07) is 8.76. The molecule has 6 nitrogen and oxygen atoms in total. The summed E-state index contributed by atoms with van der Waals surface area (Å²) in [4.78, 5) is 5.14. The van der Waals surface area contributed by atoms with Gasteiger partial charge in [0.1, 0.15) is 0 Å². The standard InChI is InChI=1S/C22H35N3O3S/c1-23-15-17-24(18-16-23)19-22(26)9-7-21(8-10-22)11-13-25(14-12-21)29(27,28)20-5-3-2-4-6-20/h2-6,26H,7-19H2,1H3. The van der Waals surface area contributed by atoms with E-state index in [-0.39, 0.29) is 5.41 Å². The van der Waals surface area contributed by atoms with E-state index in [1.54, 1.807) is 28.6 Å². The van der Waals surface area contributed by atoms with E-state index >= 15 is 0 Å². The highest BCUT2D eigenvalue weighted by Crippen LogP contribution is 2.48. The predicted molar refractivity (Wildman–Crippen MR) is 114 cm³/mol. The summed E-state index contributed by atoms with van der Waals surface area (Å²) < 4.78 is 27.4. The van der Waals surface area contributed by atoms with Crippen LogP contribution in [-0.2, 0) is 10.0 Å². The minimum Gasteiger partial charge on any atom is -0.389 e. The van der Waals surface area contributed by atoms with Gasteiger partial charge in [-0.05, 0) is 63.1 Å². The second kappa shape index (κ2) is 8.27. The number of rotatable bonds is 4. The molecule has 2 saturated heterocycles. The Labute approximate surface area is 175 Å². The zero-order chi connectivity index (χ0) is 20.5. The summed E-state index contributed by atoms with van der Waals surface area (Å²) in [5.41, 5.74) is -0.370. The van der Waals surface area contributed by atoms with Crippen LogP contribution in [-0.4, -0.2) is 86.1 Å². The van der Waals surface area contributed by atoms with E-state index in [2.05, 4.69) is 16.8 Å². The first kappa shape index (κ1) is 21.2. The van der Waals surface area contributed by atoms with Crippen LogP contribution < -0.4 is 0 Å². The fourth-order valence-electron chi connectivity index (χ4n) is 5.27. The first-order valence-corrected chi connectivity index (χ1v) is 12.4. The van der Waals surface area contributed by atoms with Crippen molar-refractivity contribution in [3.8, 4) is 0 Å². The molecule has 2 aliphatic heterocycles. The maximum atomic E-state index is 12.9. The number of hydrogen-bond acceptors (Lipinski definition) is 5. The van der Waals surface area contributed by atoms with Crippen molar-refractivity contribution in [2.24, 2.45) is 5.41 Å². The molecular formula is C22H35N3O3S. The van der Waals surface area contributed by atoms with Crippen molar-refractivity contribution in [1.29, 1.82) is 0 Å². The topological polar surface area (TPSA) is 64.1 Å². The molecule has 0 aromatic heterocycles. The first-order valence-electron chi connectivity index (χ1n) is 11.0. The maximum Gasteiger partial charge on any atom is 0.243 e. The number of likely N-dealkylation sites (N-methyl/N-ethyl adjacent to an activating group) is 1. The number of aliphatic hydroxyl groups is 1. The average molecular weight is 422 g/mol. The van der Waals surface area contributed by atoms with Crippen LogP contribution in [0.1, 0.15) is 38.5 Å². The van der Waals surface area contributed by atoms with Crippen LogP contribution in [0.15, 0.2) is 35.2 Å². The molecule has 0 amide bonds. The summed E-state index contributed by atoms with van der Waals surface area (Å²) >= 11 is 0. The molecule has 0 unspecified atom stereocenters. The molecule has 1 aromatic carbocycles. The van der Waals surface area contributed by atoms with Gasteiger partial charge in [-0.1, -0.05) is 18.2 Å². The van der Waals surface area contributed by atoms with Crippen molar-refractivity contribution in [3.05, 3.63) is 30.3 Å².